The molecule has 16 heavy (non-hydrogen) atoms. The quantitative estimate of drug-likeness (QED) is 0.406. The highest BCUT2D eigenvalue weighted by molar-refractivity contribution is 9.14. The summed E-state index contributed by atoms with van der Waals surface area (Å²) in [5.74, 6) is -0.153. The van der Waals surface area contributed by atoms with Crippen LogP contribution in [0.4, 0.5) is 0 Å². The molecule has 0 aliphatic rings. The number of benzene rings is 1. The molecule has 0 saturated carbocycles. The molecule has 0 aliphatic carbocycles. The van der Waals surface area contributed by atoms with Gasteiger partial charge in [0.1, 0.15) is 0 Å². The van der Waals surface area contributed by atoms with E-state index < -0.39 is 0 Å². The van der Waals surface area contributed by atoms with Crippen LogP contribution in [0.2, 0.25) is 0 Å². The van der Waals surface area contributed by atoms with Crippen LogP contribution in [0.5, 0.6) is 11.5 Å². The Labute approximate surface area is 120 Å². The third-order valence-electron chi connectivity index (χ3n) is 2.40. The van der Waals surface area contributed by atoms with Crippen LogP contribution in [0.3, 0.4) is 0 Å². The molecule has 0 heterocycles. The maximum Gasteiger partial charge on any atom is 0.173 e. The first kappa shape index (κ1) is 14.3. The molecule has 1 aromatic carbocycles. The van der Waals surface area contributed by atoms with E-state index in [4.69, 9.17) is 0 Å². The van der Waals surface area contributed by atoms with Gasteiger partial charge in [-0.05, 0) is 60.6 Å². The molecule has 0 fully saturated rings. The van der Waals surface area contributed by atoms with E-state index in [-0.39, 0.29) is 11.5 Å². The number of rotatable bonds is 4. The number of unbranched alkanes of at least 4 members (excludes halogenated alkanes) is 2. The molecule has 0 radical (unpaired) electrons. The van der Waals surface area contributed by atoms with Crippen molar-refractivity contribution in [1.29, 1.82) is 0 Å². The average Bonchev–Trinajstić information content (AvgIpc) is 2.28. The third-order valence-corrected chi connectivity index (χ3v) is 5.90. The molecule has 0 aromatic heterocycles. The SMILES string of the molecule is CCCCCc1c(O)c(O)c(Br)c(Br)c1Br. The van der Waals surface area contributed by atoms with E-state index in [1.54, 1.807) is 0 Å². The maximum atomic E-state index is 9.85. The van der Waals surface area contributed by atoms with E-state index in [0.29, 0.717) is 4.47 Å². The molecule has 0 bridgehead atoms. The molecular formula is C11H13Br3O2. The fourth-order valence-electron chi connectivity index (χ4n) is 1.46. The maximum absolute atomic E-state index is 9.85. The summed E-state index contributed by atoms with van der Waals surface area (Å²) in [6.45, 7) is 2.13. The zero-order chi connectivity index (χ0) is 12.3. The van der Waals surface area contributed by atoms with Gasteiger partial charge in [0, 0.05) is 10.0 Å². The number of hydrogen-bond acceptors (Lipinski definition) is 2. The molecule has 2 N–H and O–H groups in total. The predicted octanol–water partition coefficient (Wildman–Crippen LogP) is 5.12. The molecule has 1 aromatic rings. The summed E-state index contributed by atoms with van der Waals surface area (Å²) in [6.07, 6.45) is 3.98. The highest BCUT2D eigenvalue weighted by Gasteiger charge is 2.18. The van der Waals surface area contributed by atoms with Crippen LogP contribution in [0, 0.1) is 0 Å². The van der Waals surface area contributed by atoms with Crippen molar-refractivity contribution in [2.24, 2.45) is 0 Å². The predicted molar refractivity (Wildman–Crippen MR) is 76.1 cm³/mol. The van der Waals surface area contributed by atoms with Gasteiger partial charge in [0.05, 0.1) is 8.95 Å². The molecule has 0 aliphatic heterocycles. The zero-order valence-electron chi connectivity index (χ0n) is 8.86. The first-order valence-corrected chi connectivity index (χ1v) is 7.45. The lowest BCUT2D eigenvalue weighted by Gasteiger charge is -2.12. The lowest BCUT2D eigenvalue weighted by atomic mass is 10.1. The van der Waals surface area contributed by atoms with E-state index in [0.717, 1.165) is 40.2 Å². The largest absolute Gasteiger partial charge is 0.504 e. The van der Waals surface area contributed by atoms with Crippen molar-refractivity contribution in [3.63, 3.8) is 0 Å². The summed E-state index contributed by atoms with van der Waals surface area (Å²) in [4.78, 5) is 0. The first-order chi connectivity index (χ1) is 7.50. The Morgan fingerprint density at radius 3 is 2.06 bits per heavy atom. The Hall–Kier alpha value is 0.260. The van der Waals surface area contributed by atoms with Crippen molar-refractivity contribution in [2.75, 3.05) is 0 Å². The van der Waals surface area contributed by atoms with Crippen molar-refractivity contribution in [3.8, 4) is 11.5 Å². The molecule has 1 rings (SSSR count). The van der Waals surface area contributed by atoms with Gasteiger partial charge in [-0.15, -0.1) is 0 Å². The summed E-state index contributed by atoms with van der Waals surface area (Å²) in [7, 11) is 0. The second-order valence-electron chi connectivity index (χ2n) is 3.57. The molecule has 0 atom stereocenters. The number of hydrogen-bond donors (Lipinski definition) is 2. The monoisotopic (exact) mass is 414 g/mol. The minimum absolute atomic E-state index is 0.0435. The number of aromatic hydroxyl groups is 2. The third kappa shape index (κ3) is 2.93. The van der Waals surface area contributed by atoms with Gasteiger partial charge < -0.3 is 10.2 Å². The Balaban J connectivity index is 3.08. The average molecular weight is 417 g/mol. The van der Waals surface area contributed by atoms with Crippen LogP contribution >= 0.6 is 47.8 Å². The fraction of sp³-hybridized carbons (Fsp3) is 0.455. The second kappa shape index (κ2) is 6.26. The Morgan fingerprint density at radius 1 is 0.875 bits per heavy atom. The highest BCUT2D eigenvalue weighted by atomic mass is 79.9. The van der Waals surface area contributed by atoms with E-state index in [9.17, 15) is 10.2 Å². The Kier molecular flexibility index (Phi) is 5.61. The Morgan fingerprint density at radius 2 is 1.50 bits per heavy atom. The van der Waals surface area contributed by atoms with Crippen LogP contribution in [0.1, 0.15) is 31.7 Å². The topological polar surface area (TPSA) is 40.5 Å². The second-order valence-corrected chi connectivity index (χ2v) is 5.95. The van der Waals surface area contributed by atoms with Gasteiger partial charge >= 0.3 is 0 Å². The molecule has 2 nitrogen and oxygen atoms in total. The summed E-state index contributed by atoms with van der Waals surface area (Å²) >= 11 is 9.99. The van der Waals surface area contributed by atoms with Crippen molar-refractivity contribution >= 4 is 47.8 Å². The van der Waals surface area contributed by atoms with Crippen molar-refractivity contribution < 1.29 is 10.2 Å². The lowest BCUT2D eigenvalue weighted by molar-refractivity contribution is 0.395. The molecule has 0 amide bonds. The van der Waals surface area contributed by atoms with Crippen LogP contribution in [0.25, 0.3) is 0 Å². The van der Waals surface area contributed by atoms with E-state index >= 15 is 0 Å². The highest BCUT2D eigenvalue weighted by Crippen LogP contribution is 2.47. The van der Waals surface area contributed by atoms with Gasteiger partial charge in [-0.1, -0.05) is 19.8 Å². The molecule has 0 spiro atoms. The van der Waals surface area contributed by atoms with E-state index in [1.165, 1.54) is 0 Å². The van der Waals surface area contributed by atoms with Gasteiger partial charge in [0.2, 0.25) is 0 Å². The van der Waals surface area contributed by atoms with Crippen LogP contribution < -0.4 is 0 Å². The smallest absolute Gasteiger partial charge is 0.173 e. The van der Waals surface area contributed by atoms with Gasteiger partial charge in [-0.25, -0.2) is 0 Å². The summed E-state index contributed by atoms with van der Waals surface area (Å²) in [5.41, 5.74) is 0.751. The summed E-state index contributed by atoms with van der Waals surface area (Å²) < 4.78 is 2.00. The number of halogens is 3. The van der Waals surface area contributed by atoms with Gasteiger partial charge in [-0.2, -0.15) is 0 Å². The fourth-order valence-corrected chi connectivity index (χ4v) is 3.13. The van der Waals surface area contributed by atoms with E-state index in [1.807, 2.05) is 0 Å². The summed E-state index contributed by atoms with van der Waals surface area (Å²) in [6, 6.07) is 0. The van der Waals surface area contributed by atoms with Crippen molar-refractivity contribution in [2.45, 2.75) is 32.6 Å². The lowest BCUT2D eigenvalue weighted by Crippen LogP contribution is -1.91. The Bertz CT molecular complexity index is 362. The minimum Gasteiger partial charge on any atom is -0.504 e. The minimum atomic E-state index is -0.110. The molecule has 0 saturated heterocycles. The standard InChI is InChI=1S/C11H13Br3O2/c1-2-3-4-5-6-7(12)8(13)9(14)11(16)10(6)15/h15-16H,2-5H2,1H3. The van der Waals surface area contributed by atoms with Crippen LogP contribution in [0.15, 0.2) is 13.4 Å². The van der Waals surface area contributed by atoms with Crippen LogP contribution in [-0.4, -0.2) is 10.2 Å². The molecule has 90 valence electrons. The first-order valence-electron chi connectivity index (χ1n) is 5.07. The van der Waals surface area contributed by atoms with Crippen LogP contribution in [-0.2, 0) is 6.42 Å². The van der Waals surface area contributed by atoms with Gasteiger partial charge in [0.15, 0.2) is 11.5 Å². The number of phenols is 2. The zero-order valence-corrected chi connectivity index (χ0v) is 13.6. The summed E-state index contributed by atoms with van der Waals surface area (Å²) in [5, 5.41) is 19.6. The van der Waals surface area contributed by atoms with Gasteiger partial charge in [-0.3, -0.25) is 0 Å². The van der Waals surface area contributed by atoms with Crippen molar-refractivity contribution in [3.05, 3.63) is 19.0 Å². The van der Waals surface area contributed by atoms with Gasteiger partial charge in [0.25, 0.3) is 0 Å². The van der Waals surface area contributed by atoms with Crippen molar-refractivity contribution in [1.82, 2.24) is 0 Å². The molecule has 0 unspecified atom stereocenters. The number of phenolic OH excluding ortho intramolecular Hbond substituents is 2. The van der Waals surface area contributed by atoms with E-state index in [2.05, 4.69) is 54.7 Å². The molecular weight excluding hydrogens is 404 g/mol. The molecule has 5 heteroatoms. The normalized spacial score (nSPS) is 10.8.